The summed E-state index contributed by atoms with van der Waals surface area (Å²) in [5.74, 6) is 0.751. The highest BCUT2D eigenvalue weighted by Gasteiger charge is 2.00. The van der Waals surface area contributed by atoms with E-state index in [0.29, 0.717) is 18.1 Å². The maximum Gasteiger partial charge on any atom is 0.191 e. The van der Waals surface area contributed by atoms with E-state index in [0.717, 1.165) is 22.7 Å². The first-order chi connectivity index (χ1) is 12.6. The quantitative estimate of drug-likeness (QED) is 0.444. The summed E-state index contributed by atoms with van der Waals surface area (Å²) in [7, 11) is 3.58. The third-order valence-corrected chi connectivity index (χ3v) is 3.79. The Balaban J connectivity index is 1.85. The van der Waals surface area contributed by atoms with E-state index >= 15 is 0 Å². The van der Waals surface area contributed by atoms with Gasteiger partial charge in [-0.15, -0.1) is 0 Å². The van der Waals surface area contributed by atoms with Gasteiger partial charge in [-0.1, -0.05) is 18.2 Å². The Morgan fingerprint density at radius 2 is 2.08 bits per heavy atom. The first-order valence-corrected chi connectivity index (χ1v) is 8.45. The molecule has 2 rings (SSSR count). The minimum atomic E-state index is 0.391. The molecule has 2 aromatic rings. The van der Waals surface area contributed by atoms with Crippen molar-refractivity contribution in [2.24, 2.45) is 5.10 Å². The second kappa shape index (κ2) is 10.0. The van der Waals surface area contributed by atoms with E-state index < -0.39 is 0 Å². The van der Waals surface area contributed by atoms with E-state index in [1.165, 1.54) is 0 Å². The number of ether oxygens (including phenoxy) is 1. The van der Waals surface area contributed by atoms with Crippen molar-refractivity contribution < 1.29 is 4.74 Å². The van der Waals surface area contributed by atoms with Gasteiger partial charge in [0, 0.05) is 31.0 Å². The van der Waals surface area contributed by atoms with Crippen molar-refractivity contribution in [3.8, 4) is 11.8 Å². The molecule has 6 nitrogen and oxygen atoms in total. The largest absolute Gasteiger partial charge is 0.497 e. The average molecular weight is 367 g/mol. The number of anilines is 2. The van der Waals surface area contributed by atoms with Gasteiger partial charge in [0.15, 0.2) is 5.11 Å². The summed E-state index contributed by atoms with van der Waals surface area (Å²) in [4.78, 5) is 2.04. The molecule has 0 aliphatic carbocycles. The van der Waals surface area contributed by atoms with E-state index in [4.69, 9.17) is 22.2 Å². The summed E-state index contributed by atoms with van der Waals surface area (Å²) in [6, 6.07) is 17.5. The number of methoxy groups -OCH3 is 1. The Morgan fingerprint density at radius 1 is 1.31 bits per heavy atom. The Morgan fingerprint density at radius 3 is 2.77 bits per heavy atom. The van der Waals surface area contributed by atoms with Gasteiger partial charge in [0.25, 0.3) is 0 Å². The third-order valence-electron chi connectivity index (χ3n) is 3.60. The second-order valence-corrected chi connectivity index (χ2v) is 5.89. The molecule has 0 aliphatic rings. The van der Waals surface area contributed by atoms with Crippen molar-refractivity contribution >= 4 is 34.9 Å². The lowest BCUT2D eigenvalue weighted by atomic mass is 10.2. The third kappa shape index (κ3) is 6.07. The first kappa shape index (κ1) is 19.2. The lowest BCUT2D eigenvalue weighted by Gasteiger charge is -2.17. The molecular weight excluding hydrogens is 346 g/mol. The summed E-state index contributed by atoms with van der Waals surface area (Å²) in [5, 5.41) is 16.2. The Bertz CT molecular complexity index is 798. The molecule has 134 valence electrons. The van der Waals surface area contributed by atoms with Crippen LogP contribution in [0.5, 0.6) is 5.75 Å². The standard InChI is InChI=1S/C19H21N5OS/c1-24(12-4-11-20)17-9-7-15(8-10-17)14-21-23-19(26)22-16-5-3-6-18(13-16)25-2/h3,5-10,13-14H,4,12H2,1-2H3,(H2,22,23,26)/b21-14-. The van der Waals surface area contributed by atoms with Crippen LogP contribution in [0.15, 0.2) is 53.6 Å². The van der Waals surface area contributed by atoms with Crippen molar-refractivity contribution in [3.05, 3.63) is 54.1 Å². The second-order valence-electron chi connectivity index (χ2n) is 5.48. The van der Waals surface area contributed by atoms with Crippen molar-refractivity contribution in [3.63, 3.8) is 0 Å². The molecule has 7 heteroatoms. The number of thiocarbonyl (C=S) groups is 1. The minimum absolute atomic E-state index is 0.391. The Hall–Kier alpha value is -3.11. The molecular formula is C19H21N5OS. The molecule has 0 amide bonds. The van der Waals surface area contributed by atoms with Crippen molar-refractivity contribution in [2.45, 2.75) is 6.42 Å². The lowest BCUT2D eigenvalue weighted by Crippen LogP contribution is -2.23. The highest BCUT2D eigenvalue weighted by Crippen LogP contribution is 2.16. The number of hydrogen-bond acceptors (Lipinski definition) is 5. The van der Waals surface area contributed by atoms with Gasteiger partial charge in [-0.3, -0.25) is 5.43 Å². The Labute approximate surface area is 159 Å². The van der Waals surface area contributed by atoms with Crippen molar-refractivity contribution in [2.75, 3.05) is 30.9 Å². The molecule has 0 spiro atoms. The van der Waals surface area contributed by atoms with E-state index in [2.05, 4.69) is 21.9 Å². The maximum atomic E-state index is 8.64. The van der Waals surface area contributed by atoms with Crippen molar-refractivity contribution in [1.82, 2.24) is 5.43 Å². The van der Waals surface area contributed by atoms with Crippen LogP contribution in [0.2, 0.25) is 0 Å². The van der Waals surface area contributed by atoms with Gasteiger partial charge in [-0.05, 0) is 42.0 Å². The molecule has 0 unspecified atom stereocenters. The highest BCUT2D eigenvalue weighted by atomic mass is 32.1. The molecule has 0 saturated heterocycles. The van der Waals surface area contributed by atoms with Crippen LogP contribution in [0, 0.1) is 11.3 Å². The average Bonchev–Trinajstić information content (AvgIpc) is 2.66. The SMILES string of the molecule is COc1cccc(NC(=S)N/N=C\c2ccc(N(C)CCC#N)cc2)c1. The zero-order chi connectivity index (χ0) is 18.8. The fourth-order valence-corrected chi connectivity index (χ4v) is 2.36. The molecule has 0 aromatic heterocycles. The van der Waals surface area contributed by atoms with Gasteiger partial charge >= 0.3 is 0 Å². The van der Waals surface area contributed by atoms with Crippen LogP contribution < -0.4 is 20.4 Å². The van der Waals surface area contributed by atoms with Crippen LogP contribution in [0.3, 0.4) is 0 Å². The molecule has 0 saturated carbocycles. The highest BCUT2D eigenvalue weighted by molar-refractivity contribution is 7.80. The zero-order valence-corrected chi connectivity index (χ0v) is 15.6. The number of rotatable bonds is 7. The molecule has 0 atom stereocenters. The lowest BCUT2D eigenvalue weighted by molar-refractivity contribution is 0.415. The van der Waals surface area contributed by atoms with E-state index in [-0.39, 0.29) is 0 Å². The number of hydrazone groups is 1. The van der Waals surface area contributed by atoms with E-state index in [1.807, 2.05) is 60.5 Å². The first-order valence-electron chi connectivity index (χ1n) is 8.04. The van der Waals surface area contributed by atoms with Gasteiger partial charge < -0.3 is 15.0 Å². The summed E-state index contributed by atoms with van der Waals surface area (Å²) >= 11 is 5.22. The molecule has 26 heavy (non-hydrogen) atoms. The topological polar surface area (TPSA) is 72.7 Å². The van der Waals surface area contributed by atoms with Crippen LogP contribution in [0.4, 0.5) is 11.4 Å². The Kier molecular flexibility index (Phi) is 7.40. The minimum Gasteiger partial charge on any atom is -0.497 e. The summed E-state index contributed by atoms with van der Waals surface area (Å²) in [6.45, 7) is 0.704. The molecule has 0 radical (unpaired) electrons. The van der Waals surface area contributed by atoms with E-state index in [9.17, 15) is 0 Å². The molecule has 2 N–H and O–H groups in total. The number of benzene rings is 2. The summed E-state index contributed by atoms with van der Waals surface area (Å²) < 4.78 is 5.17. The van der Waals surface area contributed by atoms with Crippen LogP contribution in [0.1, 0.15) is 12.0 Å². The van der Waals surface area contributed by atoms with Gasteiger partial charge in [0.05, 0.1) is 25.8 Å². The van der Waals surface area contributed by atoms with Gasteiger partial charge in [0.2, 0.25) is 0 Å². The normalized spacial score (nSPS) is 10.2. The zero-order valence-electron chi connectivity index (χ0n) is 14.8. The molecule has 0 fully saturated rings. The molecule has 0 aliphatic heterocycles. The summed E-state index contributed by atoms with van der Waals surface area (Å²) in [5.41, 5.74) is 5.61. The van der Waals surface area contributed by atoms with E-state index in [1.54, 1.807) is 13.3 Å². The van der Waals surface area contributed by atoms with Crippen molar-refractivity contribution in [1.29, 1.82) is 5.26 Å². The smallest absolute Gasteiger partial charge is 0.191 e. The number of hydrogen-bond donors (Lipinski definition) is 2. The van der Waals surface area contributed by atoms with Gasteiger partial charge in [-0.2, -0.15) is 10.4 Å². The van der Waals surface area contributed by atoms with Crippen LogP contribution in [0.25, 0.3) is 0 Å². The predicted molar refractivity (Wildman–Crippen MR) is 110 cm³/mol. The van der Waals surface area contributed by atoms with Gasteiger partial charge in [0.1, 0.15) is 5.75 Å². The maximum absolute atomic E-state index is 8.64. The number of nitrogens with zero attached hydrogens (tertiary/aromatic N) is 3. The van der Waals surface area contributed by atoms with Crippen LogP contribution in [-0.2, 0) is 0 Å². The van der Waals surface area contributed by atoms with Gasteiger partial charge in [-0.25, -0.2) is 0 Å². The number of nitrogens with one attached hydrogen (secondary N) is 2. The number of nitriles is 1. The predicted octanol–water partition coefficient (Wildman–Crippen LogP) is 3.37. The molecule has 0 heterocycles. The molecule has 0 bridgehead atoms. The van der Waals surface area contributed by atoms with Crippen LogP contribution in [-0.4, -0.2) is 32.0 Å². The van der Waals surface area contributed by atoms with Crippen LogP contribution >= 0.6 is 12.2 Å². The molecule has 2 aromatic carbocycles. The monoisotopic (exact) mass is 367 g/mol. The summed E-state index contributed by atoms with van der Waals surface area (Å²) in [6.07, 6.45) is 2.19. The fraction of sp³-hybridized carbons (Fsp3) is 0.211. The fourth-order valence-electron chi connectivity index (χ4n) is 2.19.